The summed E-state index contributed by atoms with van der Waals surface area (Å²) >= 11 is 0. The molecule has 0 radical (unpaired) electrons. The first kappa shape index (κ1) is 14.3. The Bertz CT molecular complexity index is 495. The van der Waals surface area contributed by atoms with Gasteiger partial charge < -0.3 is 15.2 Å². The Morgan fingerprint density at radius 1 is 1.33 bits per heavy atom. The van der Waals surface area contributed by atoms with Crippen molar-refractivity contribution < 1.29 is 19.0 Å². The Hall–Kier alpha value is -1.62. The number of hydrogen-bond donors (Lipinski definition) is 2. The van der Waals surface area contributed by atoms with Crippen LogP contribution in [0.1, 0.15) is 19.3 Å². The van der Waals surface area contributed by atoms with Crippen molar-refractivity contribution in [1.29, 1.82) is 0 Å². The van der Waals surface area contributed by atoms with Crippen molar-refractivity contribution in [3.63, 3.8) is 0 Å². The van der Waals surface area contributed by atoms with Crippen LogP contribution in [-0.4, -0.2) is 30.3 Å². The van der Waals surface area contributed by atoms with E-state index in [2.05, 4.69) is 5.32 Å². The highest BCUT2D eigenvalue weighted by Crippen LogP contribution is 2.57. The molecule has 0 saturated heterocycles. The summed E-state index contributed by atoms with van der Waals surface area (Å²) in [5.74, 6) is 1.56. The predicted molar refractivity (Wildman–Crippen MR) is 75.2 cm³/mol. The maximum Gasteiger partial charge on any atom is 0.223 e. The zero-order chi connectivity index (χ0) is 14.8. The van der Waals surface area contributed by atoms with Crippen LogP contribution in [0.5, 0.6) is 5.75 Å². The van der Waals surface area contributed by atoms with Crippen LogP contribution >= 0.6 is 0 Å². The number of amides is 1. The highest BCUT2D eigenvalue weighted by molar-refractivity contribution is 5.82. The van der Waals surface area contributed by atoms with E-state index < -0.39 is 6.10 Å². The lowest BCUT2D eigenvalue weighted by Crippen LogP contribution is -2.36. The second kappa shape index (κ2) is 6.02. The number of nitrogens with one attached hydrogen (secondary N) is 1. The monoisotopic (exact) mass is 293 g/mol. The molecule has 0 aromatic heterocycles. The summed E-state index contributed by atoms with van der Waals surface area (Å²) < 4.78 is 18.1. The average molecular weight is 293 g/mol. The second-order valence-electron chi connectivity index (χ2n) is 5.95. The molecule has 2 saturated carbocycles. The molecule has 21 heavy (non-hydrogen) atoms. The first-order valence-corrected chi connectivity index (χ1v) is 7.49. The minimum atomic E-state index is -0.766. The third kappa shape index (κ3) is 3.35. The van der Waals surface area contributed by atoms with Gasteiger partial charge in [-0.3, -0.25) is 4.79 Å². The molecule has 2 N–H and O–H groups in total. The summed E-state index contributed by atoms with van der Waals surface area (Å²) in [6, 6.07) is 5.61. The Balaban J connectivity index is 1.35. The van der Waals surface area contributed by atoms with Gasteiger partial charge in [0, 0.05) is 12.5 Å². The quantitative estimate of drug-likeness (QED) is 0.840. The highest BCUT2D eigenvalue weighted by atomic mass is 19.1. The molecule has 5 heteroatoms. The van der Waals surface area contributed by atoms with Gasteiger partial charge in [0.15, 0.2) is 0 Å². The molecular weight excluding hydrogens is 273 g/mol. The van der Waals surface area contributed by atoms with Crippen LogP contribution in [-0.2, 0) is 4.79 Å². The number of carbonyl (C=O) groups is 1. The minimum Gasteiger partial charge on any atom is -0.491 e. The van der Waals surface area contributed by atoms with Gasteiger partial charge in [0.2, 0.25) is 5.91 Å². The van der Waals surface area contributed by atoms with E-state index >= 15 is 0 Å². The fourth-order valence-corrected chi connectivity index (χ4v) is 3.33. The smallest absolute Gasteiger partial charge is 0.223 e. The van der Waals surface area contributed by atoms with Gasteiger partial charge in [0.25, 0.3) is 0 Å². The number of hydrogen-bond acceptors (Lipinski definition) is 3. The summed E-state index contributed by atoms with van der Waals surface area (Å²) in [6.07, 6.45) is 2.81. The van der Waals surface area contributed by atoms with E-state index in [0.717, 1.165) is 0 Å². The Morgan fingerprint density at radius 3 is 2.67 bits per heavy atom. The van der Waals surface area contributed by atoms with Gasteiger partial charge in [0.05, 0.1) is 0 Å². The van der Waals surface area contributed by atoms with Crippen molar-refractivity contribution >= 4 is 5.91 Å². The molecular formula is C16H20FNO3. The van der Waals surface area contributed by atoms with E-state index in [1.165, 1.54) is 43.5 Å². The first-order chi connectivity index (χ1) is 10.1. The van der Waals surface area contributed by atoms with Crippen molar-refractivity contribution in [2.75, 3.05) is 13.2 Å². The molecule has 1 amide bonds. The lowest BCUT2D eigenvalue weighted by atomic mass is 10.1. The van der Waals surface area contributed by atoms with E-state index in [4.69, 9.17) is 4.74 Å². The third-order valence-electron chi connectivity index (χ3n) is 4.48. The standard InChI is InChI=1S/C16H20FNO3/c17-10-4-6-12(7-5-10)21-9-11(19)8-18-16(20)15-13-2-1-3-14(13)15/h4-7,11,13-15,19H,1-3,8-9H2,(H,18,20). The molecule has 1 aromatic rings. The van der Waals surface area contributed by atoms with E-state index in [1.54, 1.807) is 0 Å². The van der Waals surface area contributed by atoms with Gasteiger partial charge >= 0.3 is 0 Å². The summed E-state index contributed by atoms with van der Waals surface area (Å²) in [5.41, 5.74) is 0. The van der Waals surface area contributed by atoms with E-state index in [0.29, 0.717) is 17.6 Å². The number of carbonyl (C=O) groups excluding carboxylic acids is 1. The van der Waals surface area contributed by atoms with Gasteiger partial charge in [-0.25, -0.2) is 4.39 Å². The molecule has 114 valence electrons. The van der Waals surface area contributed by atoms with E-state index in [-0.39, 0.29) is 30.8 Å². The van der Waals surface area contributed by atoms with Gasteiger partial charge in [-0.05, 0) is 48.9 Å². The molecule has 2 aliphatic rings. The molecule has 0 spiro atoms. The number of aliphatic hydroxyl groups is 1. The van der Waals surface area contributed by atoms with E-state index in [9.17, 15) is 14.3 Å². The lowest BCUT2D eigenvalue weighted by molar-refractivity contribution is -0.123. The summed E-state index contributed by atoms with van der Waals surface area (Å²) in [4.78, 5) is 11.9. The molecule has 2 fully saturated rings. The van der Waals surface area contributed by atoms with Gasteiger partial charge in [-0.2, -0.15) is 0 Å². The molecule has 0 bridgehead atoms. The normalized spacial score (nSPS) is 27.8. The van der Waals surface area contributed by atoms with Crippen LogP contribution in [0.2, 0.25) is 0 Å². The minimum absolute atomic E-state index is 0.0607. The fourth-order valence-electron chi connectivity index (χ4n) is 3.33. The Kier molecular flexibility index (Phi) is 4.10. The molecule has 3 rings (SSSR count). The second-order valence-corrected chi connectivity index (χ2v) is 5.95. The Labute approximate surface area is 123 Å². The lowest BCUT2D eigenvalue weighted by Gasteiger charge is -2.13. The molecule has 0 heterocycles. The van der Waals surface area contributed by atoms with E-state index in [1.807, 2.05) is 0 Å². The topological polar surface area (TPSA) is 58.6 Å². The SMILES string of the molecule is O=C(NCC(O)COc1ccc(F)cc1)C1C2CCCC21. The number of fused-ring (bicyclic) bond motifs is 1. The van der Waals surface area contributed by atoms with Crippen molar-refractivity contribution in [3.8, 4) is 5.75 Å². The largest absolute Gasteiger partial charge is 0.491 e. The number of aliphatic hydroxyl groups excluding tert-OH is 1. The molecule has 1 aromatic carbocycles. The van der Waals surface area contributed by atoms with Crippen molar-refractivity contribution in [1.82, 2.24) is 5.32 Å². The van der Waals surface area contributed by atoms with Crippen LogP contribution in [0, 0.1) is 23.6 Å². The van der Waals surface area contributed by atoms with Crippen LogP contribution in [0.4, 0.5) is 4.39 Å². The third-order valence-corrected chi connectivity index (χ3v) is 4.48. The molecule has 3 unspecified atom stereocenters. The van der Waals surface area contributed by atoms with Crippen molar-refractivity contribution in [2.24, 2.45) is 17.8 Å². The van der Waals surface area contributed by atoms with Gasteiger partial charge in [-0.15, -0.1) is 0 Å². The zero-order valence-electron chi connectivity index (χ0n) is 11.8. The van der Waals surface area contributed by atoms with Crippen LogP contribution < -0.4 is 10.1 Å². The molecule has 2 aliphatic carbocycles. The van der Waals surface area contributed by atoms with Crippen LogP contribution in [0.3, 0.4) is 0 Å². The summed E-state index contributed by atoms with van der Waals surface area (Å²) in [5, 5.41) is 12.6. The van der Waals surface area contributed by atoms with Crippen molar-refractivity contribution in [2.45, 2.75) is 25.4 Å². The Morgan fingerprint density at radius 2 is 2.00 bits per heavy atom. The average Bonchev–Trinajstić information content (AvgIpc) is 2.97. The van der Waals surface area contributed by atoms with Crippen LogP contribution in [0.15, 0.2) is 24.3 Å². The highest BCUT2D eigenvalue weighted by Gasteiger charge is 2.56. The molecule has 3 atom stereocenters. The first-order valence-electron chi connectivity index (χ1n) is 7.49. The maximum absolute atomic E-state index is 12.7. The zero-order valence-corrected chi connectivity index (χ0v) is 11.8. The molecule has 0 aliphatic heterocycles. The maximum atomic E-state index is 12.7. The number of rotatable bonds is 6. The predicted octanol–water partition coefficient (Wildman–Crippen LogP) is 1.73. The summed E-state index contributed by atoms with van der Waals surface area (Å²) in [6.45, 7) is 0.263. The number of ether oxygens (including phenoxy) is 1. The van der Waals surface area contributed by atoms with Crippen molar-refractivity contribution in [3.05, 3.63) is 30.1 Å². The molecule has 4 nitrogen and oxygen atoms in total. The number of benzene rings is 1. The van der Waals surface area contributed by atoms with Gasteiger partial charge in [0.1, 0.15) is 24.3 Å². The fraction of sp³-hybridized carbons (Fsp3) is 0.562. The summed E-state index contributed by atoms with van der Waals surface area (Å²) in [7, 11) is 0. The van der Waals surface area contributed by atoms with Gasteiger partial charge in [-0.1, -0.05) is 6.42 Å². The number of halogens is 1. The van der Waals surface area contributed by atoms with Crippen LogP contribution in [0.25, 0.3) is 0 Å².